The number of carbonyl (C=O) groups is 3. The maximum absolute atomic E-state index is 13.4. The molecule has 10 heteroatoms. The van der Waals surface area contributed by atoms with E-state index in [1.165, 1.54) is 18.5 Å². The lowest BCUT2D eigenvalue weighted by molar-refractivity contribution is -0.118. The third kappa shape index (κ3) is 4.51. The van der Waals surface area contributed by atoms with Gasteiger partial charge in [-0.25, -0.2) is 13.2 Å². The molecule has 1 heterocycles. The van der Waals surface area contributed by atoms with Crippen LogP contribution in [0.2, 0.25) is 5.02 Å². The number of nitrogens with zero attached hydrogens (tertiary/aromatic N) is 1. The molecule has 0 saturated heterocycles. The summed E-state index contributed by atoms with van der Waals surface area (Å²) in [6.45, 7) is 6.82. The molecule has 0 atom stereocenters. The van der Waals surface area contributed by atoms with Crippen LogP contribution in [0.25, 0.3) is 0 Å². The van der Waals surface area contributed by atoms with Gasteiger partial charge in [-0.1, -0.05) is 18.5 Å². The Morgan fingerprint density at radius 1 is 1.13 bits per heavy atom. The number of benzene rings is 1. The summed E-state index contributed by atoms with van der Waals surface area (Å²) in [5.74, 6) is -7.34. The van der Waals surface area contributed by atoms with E-state index in [0.29, 0.717) is 18.6 Å². The number of Topliss-reactive ketones (excluding diaryl/α,β-unsaturated/α-hetero) is 1. The van der Waals surface area contributed by atoms with Crippen LogP contribution in [0.15, 0.2) is 12.1 Å². The Hall–Kier alpha value is -2.81. The first-order valence-corrected chi connectivity index (χ1v) is 9.36. The minimum atomic E-state index is -1.67. The molecule has 0 radical (unpaired) electrons. The quantitative estimate of drug-likeness (QED) is 0.400. The average Bonchev–Trinajstić information content (AvgIpc) is 2.87. The van der Waals surface area contributed by atoms with Gasteiger partial charge in [-0.3, -0.25) is 14.4 Å². The number of carbonyl (C=O) groups excluding carboxylic acids is 3. The van der Waals surface area contributed by atoms with Crippen molar-refractivity contribution in [1.29, 1.82) is 0 Å². The summed E-state index contributed by atoms with van der Waals surface area (Å²) in [5, 5.41) is 4.52. The van der Waals surface area contributed by atoms with Gasteiger partial charge in [-0.15, -0.1) is 0 Å². The average molecular weight is 444 g/mol. The number of hydrogen-bond acceptors (Lipinski definition) is 3. The number of nitrogens with one attached hydrogen (secondary N) is 2. The first-order chi connectivity index (χ1) is 13.8. The van der Waals surface area contributed by atoms with E-state index in [1.807, 2.05) is 6.92 Å². The van der Waals surface area contributed by atoms with Crippen LogP contribution in [0.5, 0.6) is 0 Å². The molecule has 2 rings (SSSR count). The van der Waals surface area contributed by atoms with Crippen molar-refractivity contribution < 1.29 is 27.6 Å². The first kappa shape index (κ1) is 23.5. The largest absolute Gasteiger partial charge is 0.344 e. The van der Waals surface area contributed by atoms with Crippen LogP contribution in [0.3, 0.4) is 0 Å². The van der Waals surface area contributed by atoms with Crippen LogP contribution in [0, 0.1) is 24.4 Å². The fraction of sp³-hybridized carbons (Fsp3) is 0.350. The predicted molar refractivity (Wildman–Crippen MR) is 106 cm³/mol. The Kier molecular flexibility index (Phi) is 6.66. The lowest BCUT2D eigenvalue weighted by atomic mass is 10.0. The van der Waals surface area contributed by atoms with Crippen molar-refractivity contribution in [2.45, 2.75) is 39.7 Å². The van der Waals surface area contributed by atoms with Crippen molar-refractivity contribution in [3.8, 4) is 0 Å². The van der Waals surface area contributed by atoms with Crippen molar-refractivity contribution in [1.82, 2.24) is 9.88 Å². The molecule has 0 aliphatic carbocycles. The lowest BCUT2D eigenvalue weighted by Gasteiger charge is -2.23. The number of rotatable bonds is 6. The normalized spacial score (nSPS) is 11.4. The predicted octanol–water partition coefficient (Wildman–Crippen LogP) is 4.14. The molecular weight excluding hydrogens is 423 g/mol. The second-order valence-electron chi connectivity index (χ2n) is 7.41. The standard InChI is InChI=1S/C20H21ClF3N3O3/c1-6-20(3,4)26-19(30)17(28)16-14(21)13(9(2)27(16)5)18(29)25-10-7-11(22)15(24)12(23)8-10/h7-8H,6H2,1-5H3,(H,25,29)(H,26,30). The van der Waals surface area contributed by atoms with Crippen LogP contribution in [0.4, 0.5) is 18.9 Å². The van der Waals surface area contributed by atoms with Crippen LogP contribution in [0.1, 0.15) is 53.7 Å². The molecule has 0 bridgehead atoms. The summed E-state index contributed by atoms with van der Waals surface area (Å²) >= 11 is 6.24. The summed E-state index contributed by atoms with van der Waals surface area (Å²) in [6, 6.07) is 1.21. The highest BCUT2D eigenvalue weighted by Gasteiger charge is 2.32. The van der Waals surface area contributed by atoms with Gasteiger partial charge < -0.3 is 15.2 Å². The number of anilines is 1. The van der Waals surface area contributed by atoms with Gasteiger partial charge in [0.25, 0.3) is 17.6 Å². The highest BCUT2D eigenvalue weighted by molar-refractivity contribution is 6.48. The van der Waals surface area contributed by atoms with Gasteiger partial charge in [0.1, 0.15) is 5.69 Å². The molecule has 2 N–H and O–H groups in total. The van der Waals surface area contributed by atoms with Crippen molar-refractivity contribution in [3.05, 3.63) is 51.6 Å². The molecule has 1 aromatic heterocycles. The first-order valence-electron chi connectivity index (χ1n) is 8.98. The number of halogens is 4. The Bertz CT molecular complexity index is 1020. The van der Waals surface area contributed by atoms with Gasteiger partial charge >= 0.3 is 0 Å². The second-order valence-corrected chi connectivity index (χ2v) is 7.79. The number of ketones is 1. The van der Waals surface area contributed by atoms with Crippen molar-refractivity contribution >= 4 is 34.9 Å². The van der Waals surface area contributed by atoms with Gasteiger partial charge in [-0.05, 0) is 27.2 Å². The molecule has 0 aliphatic rings. The third-order valence-electron chi connectivity index (χ3n) is 4.85. The molecular formula is C20H21ClF3N3O3. The van der Waals surface area contributed by atoms with Crippen LogP contribution >= 0.6 is 11.6 Å². The summed E-state index contributed by atoms with van der Waals surface area (Å²) in [7, 11) is 1.45. The zero-order chi connectivity index (χ0) is 23.0. The van der Waals surface area contributed by atoms with Crippen LogP contribution in [-0.2, 0) is 11.8 Å². The molecule has 2 aromatic rings. The molecule has 30 heavy (non-hydrogen) atoms. The molecule has 0 unspecified atom stereocenters. The summed E-state index contributed by atoms with van der Waals surface area (Å²) in [6.07, 6.45) is 0.574. The van der Waals surface area contributed by atoms with E-state index in [4.69, 9.17) is 11.6 Å². The fourth-order valence-electron chi connectivity index (χ4n) is 2.66. The zero-order valence-electron chi connectivity index (χ0n) is 17.0. The van der Waals surface area contributed by atoms with Crippen molar-refractivity contribution in [2.24, 2.45) is 7.05 Å². The van der Waals surface area contributed by atoms with E-state index in [2.05, 4.69) is 10.6 Å². The van der Waals surface area contributed by atoms with Crippen LogP contribution < -0.4 is 10.6 Å². The zero-order valence-corrected chi connectivity index (χ0v) is 17.8. The smallest absolute Gasteiger partial charge is 0.294 e. The lowest BCUT2D eigenvalue weighted by Crippen LogP contribution is -2.46. The second kappa shape index (κ2) is 8.51. The van der Waals surface area contributed by atoms with Crippen molar-refractivity contribution in [3.63, 3.8) is 0 Å². The minimum Gasteiger partial charge on any atom is -0.344 e. The molecule has 0 fully saturated rings. The Morgan fingerprint density at radius 2 is 1.67 bits per heavy atom. The Labute approximate surface area is 176 Å². The summed E-state index contributed by atoms with van der Waals surface area (Å²) in [4.78, 5) is 37.7. The SMILES string of the molecule is CCC(C)(C)NC(=O)C(=O)c1c(Cl)c(C(=O)Nc2cc(F)c(F)c(F)c2)c(C)n1C. The molecule has 2 amide bonds. The van der Waals surface area contributed by atoms with Gasteiger partial charge in [0.15, 0.2) is 17.5 Å². The fourth-order valence-corrected chi connectivity index (χ4v) is 3.09. The van der Waals surface area contributed by atoms with Crippen LogP contribution in [-0.4, -0.2) is 27.7 Å². The molecule has 0 aliphatic heterocycles. The van der Waals surface area contributed by atoms with Gasteiger partial charge in [-0.2, -0.15) is 0 Å². The molecule has 0 spiro atoms. The highest BCUT2D eigenvalue weighted by atomic mass is 35.5. The summed E-state index contributed by atoms with van der Waals surface area (Å²) in [5.41, 5.74) is -1.09. The molecule has 0 saturated carbocycles. The van der Waals surface area contributed by atoms with E-state index < -0.39 is 40.6 Å². The number of amides is 2. The molecule has 1 aromatic carbocycles. The van der Waals surface area contributed by atoms with E-state index in [9.17, 15) is 27.6 Å². The number of hydrogen-bond donors (Lipinski definition) is 2. The summed E-state index contributed by atoms with van der Waals surface area (Å²) < 4.78 is 41.2. The van der Waals surface area contributed by atoms with Gasteiger partial charge in [0.2, 0.25) is 0 Å². The maximum Gasteiger partial charge on any atom is 0.294 e. The van der Waals surface area contributed by atoms with Gasteiger partial charge in [0.05, 0.1) is 10.6 Å². The highest BCUT2D eigenvalue weighted by Crippen LogP contribution is 2.29. The monoisotopic (exact) mass is 443 g/mol. The van der Waals surface area contributed by atoms with Gasteiger partial charge in [0, 0.05) is 36.1 Å². The minimum absolute atomic E-state index is 0.157. The molecule has 6 nitrogen and oxygen atoms in total. The van der Waals surface area contributed by atoms with E-state index >= 15 is 0 Å². The van der Waals surface area contributed by atoms with Crippen molar-refractivity contribution in [2.75, 3.05) is 5.32 Å². The topological polar surface area (TPSA) is 80.2 Å². The third-order valence-corrected chi connectivity index (χ3v) is 5.22. The Morgan fingerprint density at radius 3 is 2.17 bits per heavy atom. The Balaban J connectivity index is 2.39. The maximum atomic E-state index is 13.4. The van der Waals surface area contributed by atoms with E-state index in [1.54, 1.807) is 13.8 Å². The van der Waals surface area contributed by atoms with E-state index in [-0.39, 0.29) is 27.7 Å². The number of aromatic nitrogens is 1. The molecule has 162 valence electrons. The van der Waals surface area contributed by atoms with E-state index in [0.717, 1.165) is 0 Å².